The van der Waals surface area contributed by atoms with E-state index in [-0.39, 0.29) is 0 Å². The minimum atomic E-state index is 0.949. The lowest BCUT2D eigenvalue weighted by molar-refractivity contribution is 1.33. The van der Waals surface area contributed by atoms with E-state index in [2.05, 4.69) is 22.1 Å². The van der Waals surface area contributed by atoms with Gasteiger partial charge in [0.1, 0.15) is 0 Å². The van der Waals surface area contributed by atoms with E-state index >= 15 is 0 Å². The Bertz CT molecular complexity index is 247. The smallest absolute Gasteiger partial charge is 0.0706 e. The molecule has 0 aromatic carbocycles. The molecular weight excluding hydrogens is 124 g/mol. The van der Waals surface area contributed by atoms with Crippen LogP contribution in [0.2, 0.25) is 0 Å². The van der Waals surface area contributed by atoms with E-state index in [1.54, 1.807) is 6.20 Å². The third kappa shape index (κ3) is 0.739. The average Bonchev–Trinajstić information content (AvgIpc) is 2.59. The van der Waals surface area contributed by atoms with Gasteiger partial charge >= 0.3 is 0 Å². The summed E-state index contributed by atoms with van der Waals surface area (Å²) in [6.07, 6.45) is 3.61. The van der Waals surface area contributed by atoms with E-state index in [1.165, 1.54) is 0 Å². The molecule has 0 saturated carbocycles. The number of H-pyrrole nitrogens is 2. The number of hydrogen-bond donors (Lipinski definition) is 2. The fourth-order valence-electron chi connectivity index (χ4n) is 0.884. The minimum absolute atomic E-state index is 0.949. The quantitative estimate of drug-likeness (QED) is 0.587. The van der Waals surface area contributed by atoms with Crippen molar-refractivity contribution in [2.45, 2.75) is 0 Å². The molecule has 0 aliphatic carbocycles. The van der Waals surface area contributed by atoms with Crippen LogP contribution in [0.4, 0.5) is 0 Å². The van der Waals surface area contributed by atoms with Crippen molar-refractivity contribution in [1.82, 2.24) is 9.97 Å². The van der Waals surface area contributed by atoms with Crippen molar-refractivity contribution in [3.8, 4) is 11.4 Å². The van der Waals surface area contributed by atoms with E-state index in [0.29, 0.717) is 0 Å². The Kier molecular flexibility index (Phi) is 1.10. The van der Waals surface area contributed by atoms with Gasteiger partial charge in [-0.05, 0) is 12.1 Å². The summed E-state index contributed by atoms with van der Waals surface area (Å²) in [7, 11) is 0. The standard InChI is InChI=1S/C8H6N2/c1-3-7(9-5-1)8-4-2-6-10-8/h1,3,5-6,9-10H. The van der Waals surface area contributed by atoms with Crippen LogP contribution >= 0.6 is 0 Å². The number of rotatable bonds is 1. The highest BCUT2D eigenvalue weighted by Crippen LogP contribution is 2.11. The second kappa shape index (κ2) is 2.06. The van der Waals surface area contributed by atoms with E-state index in [1.807, 2.05) is 18.3 Å². The van der Waals surface area contributed by atoms with Gasteiger partial charge in [0.05, 0.1) is 11.4 Å². The zero-order valence-electron chi connectivity index (χ0n) is 5.31. The van der Waals surface area contributed by atoms with Gasteiger partial charge in [-0.25, -0.2) is 0 Å². The third-order valence-electron chi connectivity index (χ3n) is 1.35. The summed E-state index contributed by atoms with van der Waals surface area (Å²) in [5.41, 5.74) is 1.99. The van der Waals surface area contributed by atoms with Crippen LogP contribution in [0.25, 0.3) is 11.4 Å². The van der Waals surface area contributed by atoms with Crippen LogP contribution in [-0.2, 0) is 0 Å². The van der Waals surface area contributed by atoms with Crippen molar-refractivity contribution in [1.29, 1.82) is 0 Å². The van der Waals surface area contributed by atoms with Crippen molar-refractivity contribution in [3.63, 3.8) is 0 Å². The predicted octanol–water partition coefficient (Wildman–Crippen LogP) is 1.61. The lowest BCUT2D eigenvalue weighted by Crippen LogP contribution is -1.73. The molecule has 2 nitrogen and oxygen atoms in total. The van der Waals surface area contributed by atoms with Crippen molar-refractivity contribution in [2.24, 2.45) is 0 Å². The molecule has 0 bridgehead atoms. The van der Waals surface area contributed by atoms with E-state index < -0.39 is 0 Å². The second-order valence-corrected chi connectivity index (χ2v) is 2.02. The highest BCUT2D eigenvalue weighted by Gasteiger charge is 1.95. The summed E-state index contributed by atoms with van der Waals surface area (Å²) < 4.78 is 0. The number of nitrogens with one attached hydrogen (secondary N) is 2. The van der Waals surface area contributed by atoms with Gasteiger partial charge in [0.15, 0.2) is 0 Å². The van der Waals surface area contributed by atoms with Gasteiger partial charge in [-0.2, -0.15) is 0 Å². The molecule has 0 fully saturated rings. The minimum Gasteiger partial charge on any atom is -0.360 e. The summed E-state index contributed by atoms with van der Waals surface area (Å²) in [4.78, 5) is 6.05. The molecule has 0 amide bonds. The molecule has 2 aromatic rings. The summed E-state index contributed by atoms with van der Waals surface area (Å²) >= 11 is 0. The number of aromatic nitrogens is 2. The maximum absolute atomic E-state index is 3.06. The molecule has 0 atom stereocenters. The van der Waals surface area contributed by atoms with Gasteiger partial charge in [0.2, 0.25) is 0 Å². The predicted molar refractivity (Wildman–Crippen MR) is 38.3 cm³/mol. The first-order chi connectivity index (χ1) is 4.97. The van der Waals surface area contributed by atoms with Gasteiger partial charge in [0.25, 0.3) is 0 Å². The summed E-state index contributed by atoms with van der Waals surface area (Å²) in [5, 5.41) is 0. The van der Waals surface area contributed by atoms with Gasteiger partial charge in [-0.3, -0.25) is 0 Å². The van der Waals surface area contributed by atoms with Crippen molar-refractivity contribution >= 4 is 0 Å². The number of aromatic amines is 2. The van der Waals surface area contributed by atoms with Crippen LogP contribution in [-0.4, -0.2) is 9.97 Å². The molecule has 2 N–H and O–H groups in total. The van der Waals surface area contributed by atoms with Crippen LogP contribution in [0.3, 0.4) is 0 Å². The van der Waals surface area contributed by atoms with Gasteiger partial charge in [-0.15, -0.1) is 0 Å². The zero-order chi connectivity index (χ0) is 6.81. The second-order valence-electron chi connectivity index (χ2n) is 2.02. The molecule has 0 aliphatic heterocycles. The molecule has 2 radical (unpaired) electrons. The summed E-state index contributed by atoms with van der Waals surface area (Å²) in [5.74, 6) is 0. The molecule has 10 heavy (non-hydrogen) atoms. The number of hydrogen-bond acceptors (Lipinski definition) is 0. The molecule has 2 aromatic heterocycles. The lowest BCUT2D eigenvalue weighted by Gasteiger charge is -1.87. The highest BCUT2D eigenvalue weighted by atomic mass is 14.8. The Morgan fingerprint density at radius 3 is 2.90 bits per heavy atom. The Balaban J connectivity index is 2.48. The fraction of sp³-hybridized carbons (Fsp3) is 0. The first-order valence-electron chi connectivity index (χ1n) is 3.07. The average molecular weight is 130 g/mol. The Hall–Kier alpha value is -1.44. The van der Waals surface area contributed by atoms with Crippen LogP contribution in [0, 0.1) is 12.1 Å². The Morgan fingerprint density at radius 1 is 1.30 bits per heavy atom. The van der Waals surface area contributed by atoms with Gasteiger partial charge in [0, 0.05) is 24.5 Å². The summed E-state index contributed by atoms with van der Waals surface area (Å²) in [6, 6.07) is 9.68. The zero-order valence-corrected chi connectivity index (χ0v) is 5.31. The van der Waals surface area contributed by atoms with Gasteiger partial charge in [-0.1, -0.05) is 0 Å². The van der Waals surface area contributed by atoms with Crippen LogP contribution in [0.5, 0.6) is 0 Å². The molecule has 0 spiro atoms. The molecule has 0 unspecified atom stereocenters. The maximum atomic E-state index is 3.06. The van der Waals surface area contributed by atoms with Crippen molar-refractivity contribution in [3.05, 3.63) is 36.7 Å². The van der Waals surface area contributed by atoms with Crippen LogP contribution in [0.1, 0.15) is 0 Å². The fourth-order valence-corrected chi connectivity index (χ4v) is 0.884. The molecular formula is C8H6N2. The SMILES string of the molecule is [c]1[c]c(-c2ccc[nH]2)[nH]c1. The largest absolute Gasteiger partial charge is 0.360 e. The molecule has 0 saturated heterocycles. The maximum Gasteiger partial charge on any atom is 0.0706 e. The van der Waals surface area contributed by atoms with Gasteiger partial charge < -0.3 is 9.97 Å². The third-order valence-corrected chi connectivity index (χ3v) is 1.35. The Labute approximate surface area is 58.9 Å². The monoisotopic (exact) mass is 130 g/mol. The van der Waals surface area contributed by atoms with Crippen LogP contribution in [0.15, 0.2) is 24.5 Å². The lowest BCUT2D eigenvalue weighted by atomic mass is 10.3. The molecule has 2 rings (SSSR count). The molecule has 0 aliphatic rings. The first-order valence-corrected chi connectivity index (χ1v) is 3.07. The topological polar surface area (TPSA) is 31.6 Å². The van der Waals surface area contributed by atoms with Crippen LogP contribution < -0.4 is 0 Å². The van der Waals surface area contributed by atoms with E-state index in [4.69, 9.17) is 0 Å². The van der Waals surface area contributed by atoms with E-state index in [9.17, 15) is 0 Å². The first kappa shape index (κ1) is 5.35. The van der Waals surface area contributed by atoms with Crippen molar-refractivity contribution in [2.75, 3.05) is 0 Å². The molecule has 48 valence electrons. The molecule has 2 heteroatoms. The van der Waals surface area contributed by atoms with E-state index in [0.717, 1.165) is 11.4 Å². The van der Waals surface area contributed by atoms with Crippen molar-refractivity contribution < 1.29 is 0 Å². The molecule has 2 heterocycles. The normalized spacial score (nSPS) is 10.0. The Morgan fingerprint density at radius 2 is 2.30 bits per heavy atom. The highest BCUT2D eigenvalue weighted by molar-refractivity contribution is 5.52. The summed E-state index contributed by atoms with van der Waals surface area (Å²) in [6.45, 7) is 0.